The molecule has 0 radical (unpaired) electrons. The van der Waals surface area contributed by atoms with Crippen molar-refractivity contribution in [3.05, 3.63) is 65.7 Å². The van der Waals surface area contributed by atoms with Gasteiger partial charge in [-0.1, -0.05) is 55.0 Å². The standard InChI is InChI=1S/C21H26ClNO2S/c1-16-8-11-19(12-9-16)26(24,25)23-15-14-20(22)17(2)21(23)13-10-18-6-4-3-5-7-18/h3-9,11-12,17,20-21H,10,13-15H2,1-2H3/t17-,20+,21-/m0/s1. The summed E-state index contributed by atoms with van der Waals surface area (Å²) in [6.07, 6.45) is 2.31. The van der Waals surface area contributed by atoms with Gasteiger partial charge in [0.1, 0.15) is 0 Å². The van der Waals surface area contributed by atoms with Crippen molar-refractivity contribution in [1.29, 1.82) is 0 Å². The van der Waals surface area contributed by atoms with Crippen molar-refractivity contribution in [3.8, 4) is 0 Å². The maximum Gasteiger partial charge on any atom is 0.243 e. The molecule has 0 unspecified atom stereocenters. The molecule has 5 heteroatoms. The van der Waals surface area contributed by atoms with Gasteiger partial charge in [-0.15, -0.1) is 11.6 Å². The Morgan fingerprint density at radius 1 is 1.08 bits per heavy atom. The van der Waals surface area contributed by atoms with Crippen LogP contribution in [-0.4, -0.2) is 30.7 Å². The van der Waals surface area contributed by atoms with E-state index in [-0.39, 0.29) is 17.3 Å². The largest absolute Gasteiger partial charge is 0.243 e. The molecule has 3 atom stereocenters. The van der Waals surface area contributed by atoms with Crippen molar-refractivity contribution in [2.45, 2.75) is 49.4 Å². The smallest absolute Gasteiger partial charge is 0.207 e. The Morgan fingerprint density at radius 3 is 2.38 bits per heavy atom. The molecule has 0 saturated carbocycles. The molecule has 2 aromatic carbocycles. The van der Waals surface area contributed by atoms with Gasteiger partial charge in [-0.2, -0.15) is 4.31 Å². The van der Waals surface area contributed by atoms with Gasteiger partial charge < -0.3 is 0 Å². The Bertz CT molecular complexity index is 821. The first kappa shape index (κ1) is 19.4. The fraction of sp³-hybridized carbons (Fsp3) is 0.429. The highest BCUT2D eigenvalue weighted by molar-refractivity contribution is 7.89. The third kappa shape index (κ3) is 4.13. The molecule has 0 amide bonds. The number of rotatable bonds is 5. The van der Waals surface area contributed by atoms with Crippen LogP contribution in [0.25, 0.3) is 0 Å². The van der Waals surface area contributed by atoms with E-state index < -0.39 is 10.0 Å². The number of aryl methyl sites for hydroxylation is 2. The van der Waals surface area contributed by atoms with Crippen LogP contribution in [0, 0.1) is 12.8 Å². The third-order valence-corrected chi connectivity index (χ3v) is 7.93. The highest BCUT2D eigenvalue weighted by Gasteiger charge is 2.40. The van der Waals surface area contributed by atoms with Crippen LogP contribution in [0.4, 0.5) is 0 Å². The van der Waals surface area contributed by atoms with E-state index in [1.807, 2.05) is 37.3 Å². The van der Waals surface area contributed by atoms with Crippen LogP contribution in [0.1, 0.15) is 30.9 Å². The summed E-state index contributed by atoms with van der Waals surface area (Å²) in [5, 5.41) is 0.0141. The van der Waals surface area contributed by atoms with Crippen molar-refractivity contribution >= 4 is 21.6 Å². The number of hydrogen-bond acceptors (Lipinski definition) is 2. The summed E-state index contributed by atoms with van der Waals surface area (Å²) in [5.74, 6) is 0.120. The molecule has 1 aliphatic heterocycles. The summed E-state index contributed by atoms with van der Waals surface area (Å²) in [6.45, 7) is 4.51. The minimum Gasteiger partial charge on any atom is -0.207 e. The molecule has 140 valence electrons. The first-order chi connectivity index (χ1) is 12.4. The van der Waals surface area contributed by atoms with Gasteiger partial charge in [0.05, 0.1) is 4.90 Å². The number of sulfonamides is 1. The molecule has 3 nitrogen and oxygen atoms in total. The fourth-order valence-electron chi connectivity index (χ4n) is 3.69. The van der Waals surface area contributed by atoms with E-state index in [1.165, 1.54) is 5.56 Å². The van der Waals surface area contributed by atoms with E-state index in [2.05, 4.69) is 19.1 Å². The predicted octanol–water partition coefficient (Wildman–Crippen LogP) is 4.63. The Kier molecular flexibility index (Phi) is 6.06. The van der Waals surface area contributed by atoms with Crippen LogP contribution in [0.3, 0.4) is 0 Å². The van der Waals surface area contributed by atoms with E-state index in [9.17, 15) is 8.42 Å². The molecule has 0 spiro atoms. The predicted molar refractivity (Wildman–Crippen MR) is 107 cm³/mol. The van der Waals surface area contributed by atoms with Crippen LogP contribution in [0.15, 0.2) is 59.5 Å². The minimum absolute atomic E-state index is 0.0141. The lowest BCUT2D eigenvalue weighted by molar-refractivity contribution is 0.181. The van der Waals surface area contributed by atoms with Crippen molar-refractivity contribution in [3.63, 3.8) is 0 Å². The summed E-state index contributed by atoms with van der Waals surface area (Å²) in [4.78, 5) is 0.369. The van der Waals surface area contributed by atoms with Crippen LogP contribution < -0.4 is 0 Å². The molecule has 26 heavy (non-hydrogen) atoms. The minimum atomic E-state index is -3.51. The second-order valence-electron chi connectivity index (χ2n) is 7.18. The van der Waals surface area contributed by atoms with E-state index >= 15 is 0 Å². The zero-order valence-corrected chi connectivity index (χ0v) is 16.9. The number of nitrogens with zero attached hydrogens (tertiary/aromatic N) is 1. The Hall–Kier alpha value is -1.36. The molecular weight excluding hydrogens is 366 g/mol. The van der Waals surface area contributed by atoms with Gasteiger partial charge in [0.15, 0.2) is 0 Å². The highest BCUT2D eigenvalue weighted by atomic mass is 35.5. The monoisotopic (exact) mass is 391 g/mol. The maximum absolute atomic E-state index is 13.3. The Labute approximate surface area is 162 Å². The van der Waals surface area contributed by atoms with E-state index in [4.69, 9.17) is 11.6 Å². The summed E-state index contributed by atoms with van der Waals surface area (Å²) >= 11 is 6.50. The molecule has 2 aromatic rings. The van der Waals surface area contributed by atoms with Crippen molar-refractivity contribution in [2.24, 2.45) is 5.92 Å². The van der Waals surface area contributed by atoms with Crippen molar-refractivity contribution in [1.82, 2.24) is 4.31 Å². The average molecular weight is 392 g/mol. The van der Waals surface area contributed by atoms with E-state index in [0.29, 0.717) is 17.9 Å². The zero-order valence-electron chi connectivity index (χ0n) is 15.3. The van der Waals surface area contributed by atoms with Gasteiger partial charge in [0, 0.05) is 18.0 Å². The molecular formula is C21H26ClNO2S. The highest BCUT2D eigenvalue weighted by Crippen LogP contribution is 2.34. The normalized spacial score (nSPS) is 24.5. The van der Waals surface area contributed by atoms with Gasteiger partial charge in [0.2, 0.25) is 10.0 Å². The van der Waals surface area contributed by atoms with Crippen LogP contribution >= 0.6 is 11.6 Å². The molecule has 3 rings (SSSR count). The summed E-state index contributed by atoms with van der Waals surface area (Å²) < 4.78 is 28.2. The van der Waals surface area contributed by atoms with Crippen molar-refractivity contribution < 1.29 is 8.42 Å². The average Bonchev–Trinajstić information content (AvgIpc) is 2.64. The van der Waals surface area contributed by atoms with Gasteiger partial charge in [0.25, 0.3) is 0 Å². The van der Waals surface area contributed by atoms with Crippen molar-refractivity contribution in [2.75, 3.05) is 6.54 Å². The molecule has 0 bridgehead atoms. The lowest BCUT2D eigenvalue weighted by atomic mass is 9.88. The van der Waals surface area contributed by atoms with Gasteiger partial charge in [-0.05, 0) is 49.8 Å². The van der Waals surface area contributed by atoms with E-state index in [0.717, 1.165) is 18.4 Å². The fourth-order valence-corrected chi connectivity index (χ4v) is 5.71. The summed E-state index contributed by atoms with van der Waals surface area (Å²) in [7, 11) is -3.51. The first-order valence-corrected chi connectivity index (χ1v) is 11.0. The second-order valence-corrected chi connectivity index (χ2v) is 9.64. The topological polar surface area (TPSA) is 37.4 Å². The zero-order chi connectivity index (χ0) is 18.7. The van der Waals surface area contributed by atoms with Crippen LogP contribution in [0.2, 0.25) is 0 Å². The van der Waals surface area contributed by atoms with E-state index in [1.54, 1.807) is 16.4 Å². The maximum atomic E-state index is 13.3. The lowest BCUT2D eigenvalue weighted by Gasteiger charge is -2.41. The number of hydrogen-bond donors (Lipinski definition) is 0. The van der Waals surface area contributed by atoms with Crippen LogP contribution in [-0.2, 0) is 16.4 Å². The molecule has 0 N–H and O–H groups in total. The molecule has 1 heterocycles. The summed E-state index contributed by atoms with van der Waals surface area (Å²) in [6, 6.07) is 17.2. The molecule has 1 saturated heterocycles. The number of alkyl halides is 1. The molecule has 0 aliphatic carbocycles. The molecule has 0 aromatic heterocycles. The lowest BCUT2D eigenvalue weighted by Crippen LogP contribution is -2.51. The quantitative estimate of drug-likeness (QED) is 0.696. The van der Waals surface area contributed by atoms with Gasteiger partial charge in [-0.3, -0.25) is 0 Å². The number of piperidine rings is 1. The molecule has 1 fully saturated rings. The molecule has 1 aliphatic rings. The first-order valence-electron chi connectivity index (χ1n) is 9.16. The Morgan fingerprint density at radius 2 is 1.73 bits per heavy atom. The van der Waals surface area contributed by atoms with Gasteiger partial charge >= 0.3 is 0 Å². The number of benzene rings is 2. The third-order valence-electron chi connectivity index (χ3n) is 5.37. The SMILES string of the molecule is Cc1ccc(S(=O)(=O)N2CC[C@@H](Cl)[C@H](C)[C@@H]2CCc2ccccc2)cc1. The number of halogens is 1. The van der Waals surface area contributed by atoms with Gasteiger partial charge in [-0.25, -0.2) is 8.42 Å². The second kappa shape index (κ2) is 8.12. The summed E-state index contributed by atoms with van der Waals surface area (Å²) in [5.41, 5.74) is 2.28. The van der Waals surface area contributed by atoms with Crippen LogP contribution in [0.5, 0.6) is 0 Å². The Balaban J connectivity index is 1.86.